The van der Waals surface area contributed by atoms with Gasteiger partial charge in [0.25, 0.3) is 0 Å². The van der Waals surface area contributed by atoms with Crippen molar-refractivity contribution in [1.82, 2.24) is 0 Å². The summed E-state index contributed by atoms with van der Waals surface area (Å²) in [6, 6.07) is 16.2. The molecule has 0 aliphatic heterocycles. The van der Waals surface area contributed by atoms with Crippen LogP contribution in [0.2, 0.25) is 0 Å². The van der Waals surface area contributed by atoms with Crippen LogP contribution in [0.3, 0.4) is 0 Å². The Kier molecular flexibility index (Phi) is 9.11. The van der Waals surface area contributed by atoms with Gasteiger partial charge in [-0.15, -0.1) is 0 Å². The van der Waals surface area contributed by atoms with Gasteiger partial charge in [-0.3, -0.25) is 0 Å². The molecule has 2 aromatic carbocycles. The molecule has 0 aliphatic carbocycles. The second-order valence-electron chi connectivity index (χ2n) is 4.18. The van der Waals surface area contributed by atoms with E-state index in [2.05, 4.69) is 5.09 Å². The molecule has 0 aliphatic rings. The van der Waals surface area contributed by atoms with Gasteiger partial charge in [0.2, 0.25) is 3.79 Å². The first-order valence-electron chi connectivity index (χ1n) is 6.22. The fourth-order valence-corrected chi connectivity index (χ4v) is 3.03. The summed E-state index contributed by atoms with van der Waals surface area (Å²) in [6.07, 6.45) is 0. The minimum Gasteiger partial charge on any atom is -0.527 e. The first-order valence-corrected chi connectivity index (χ1v) is 8.85. The number of alkyl halides is 3. The molecule has 2 rings (SSSR count). The molecule has 2 aromatic rings. The topological polar surface area (TPSA) is 66.7 Å². The SMILES string of the molecule is O=C([N-]P(=O)(Oc1ccccc1)Oc1ccccc1)C(Cl)(Cl)Cl.[K+]. The third kappa shape index (κ3) is 7.24. The maximum absolute atomic E-state index is 12.8. The van der Waals surface area contributed by atoms with E-state index in [9.17, 15) is 9.36 Å². The summed E-state index contributed by atoms with van der Waals surface area (Å²) < 4.78 is 20.9. The van der Waals surface area contributed by atoms with E-state index >= 15 is 0 Å². The van der Waals surface area contributed by atoms with Crippen molar-refractivity contribution >= 4 is 48.5 Å². The maximum Gasteiger partial charge on any atom is 1.00 e. The second-order valence-corrected chi connectivity index (χ2v) is 7.96. The van der Waals surface area contributed by atoms with Gasteiger partial charge < -0.3 is 18.9 Å². The molecule has 0 spiro atoms. The summed E-state index contributed by atoms with van der Waals surface area (Å²) in [7, 11) is -4.29. The minimum absolute atomic E-state index is 0. The van der Waals surface area contributed by atoms with E-state index in [0.29, 0.717) is 0 Å². The zero-order chi connectivity index (χ0) is 16.9. The quantitative estimate of drug-likeness (QED) is 0.414. The zero-order valence-corrected chi connectivity index (χ0v) is 18.7. The van der Waals surface area contributed by atoms with Crippen molar-refractivity contribution < 1.29 is 69.8 Å². The van der Waals surface area contributed by atoms with Crippen molar-refractivity contribution in [1.29, 1.82) is 0 Å². The monoisotopic (exact) mass is 431 g/mol. The van der Waals surface area contributed by atoms with E-state index < -0.39 is 17.4 Å². The van der Waals surface area contributed by atoms with Crippen molar-refractivity contribution in [2.24, 2.45) is 0 Å². The third-order valence-electron chi connectivity index (χ3n) is 2.38. The van der Waals surface area contributed by atoms with E-state index in [4.69, 9.17) is 43.9 Å². The molecule has 0 unspecified atom stereocenters. The first-order chi connectivity index (χ1) is 10.8. The molecule has 0 saturated carbocycles. The number of carbonyl (C=O) groups is 1. The normalized spacial score (nSPS) is 11.1. The molecule has 0 bridgehead atoms. The molecule has 24 heavy (non-hydrogen) atoms. The summed E-state index contributed by atoms with van der Waals surface area (Å²) in [6.45, 7) is 0. The van der Waals surface area contributed by atoms with Crippen molar-refractivity contribution in [3.05, 3.63) is 65.8 Å². The number of para-hydroxylation sites is 2. The molecule has 5 nitrogen and oxygen atoms in total. The van der Waals surface area contributed by atoms with Gasteiger partial charge in [-0.2, -0.15) is 0 Å². The van der Waals surface area contributed by atoms with Crippen LogP contribution in [0.25, 0.3) is 5.09 Å². The maximum atomic E-state index is 12.8. The number of halogens is 3. The van der Waals surface area contributed by atoms with Gasteiger partial charge in [-0.05, 0) is 24.3 Å². The zero-order valence-electron chi connectivity index (χ0n) is 12.4. The van der Waals surface area contributed by atoms with Crippen LogP contribution in [0, 0.1) is 0 Å². The Labute approximate surface area is 197 Å². The molecular weight excluding hydrogens is 423 g/mol. The van der Waals surface area contributed by atoms with Crippen molar-refractivity contribution in [3.8, 4) is 11.5 Å². The van der Waals surface area contributed by atoms with E-state index in [1.807, 2.05) is 0 Å². The van der Waals surface area contributed by atoms with E-state index in [1.54, 1.807) is 36.4 Å². The van der Waals surface area contributed by atoms with Crippen molar-refractivity contribution in [3.63, 3.8) is 0 Å². The Bertz CT molecular complexity index is 667. The minimum atomic E-state index is -4.29. The number of amides is 1. The number of hydrogen-bond donors (Lipinski definition) is 0. The van der Waals surface area contributed by atoms with Crippen molar-refractivity contribution in [2.45, 2.75) is 3.79 Å². The van der Waals surface area contributed by atoms with Gasteiger partial charge >= 0.3 is 59.1 Å². The van der Waals surface area contributed by atoms with Crippen LogP contribution in [0.1, 0.15) is 0 Å². The van der Waals surface area contributed by atoms with Crippen LogP contribution >= 0.6 is 42.5 Å². The molecule has 122 valence electrons. The second kappa shape index (κ2) is 9.81. The predicted molar refractivity (Wildman–Crippen MR) is 90.4 cm³/mol. The molecule has 0 aromatic heterocycles. The fourth-order valence-electron chi connectivity index (χ4n) is 1.46. The molecule has 0 saturated heterocycles. The van der Waals surface area contributed by atoms with Gasteiger partial charge in [0, 0.05) is 0 Å². The van der Waals surface area contributed by atoms with Crippen LogP contribution in [-0.4, -0.2) is 9.70 Å². The summed E-state index contributed by atoms with van der Waals surface area (Å²) in [4.78, 5) is 11.8. The smallest absolute Gasteiger partial charge is 0.527 e. The molecule has 0 heterocycles. The van der Waals surface area contributed by atoms with Crippen LogP contribution in [-0.2, 0) is 9.36 Å². The average molecular weight is 433 g/mol. The van der Waals surface area contributed by atoms with Gasteiger partial charge in [0.15, 0.2) is 0 Å². The van der Waals surface area contributed by atoms with E-state index in [1.165, 1.54) is 24.3 Å². The average Bonchev–Trinajstić information content (AvgIpc) is 2.47. The van der Waals surface area contributed by atoms with Gasteiger partial charge in [-0.25, -0.2) is 4.57 Å². The van der Waals surface area contributed by atoms with Gasteiger partial charge in [0.05, 0.1) is 0 Å². The predicted octanol–water partition coefficient (Wildman–Crippen LogP) is 2.53. The van der Waals surface area contributed by atoms with E-state index in [-0.39, 0.29) is 62.9 Å². The summed E-state index contributed by atoms with van der Waals surface area (Å²) >= 11 is 16.4. The molecular formula is C14H10Cl3KNO4P. The van der Waals surface area contributed by atoms with Crippen LogP contribution in [0.15, 0.2) is 60.7 Å². The van der Waals surface area contributed by atoms with Crippen molar-refractivity contribution in [2.75, 3.05) is 0 Å². The third-order valence-corrected chi connectivity index (χ3v) is 4.18. The number of nitrogens with zero attached hydrogens (tertiary/aromatic N) is 1. The molecule has 0 radical (unpaired) electrons. The Morgan fingerprint density at radius 3 is 1.58 bits per heavy atom. The van der Waals surface area contributed by atoms with Crippen LogP contribution in [0.4, 0.5) is 0 Å². The number of rotatable bonds is 5. The number of hydrogen-bond acceptors (Lipinski definition) is 4. The van der Waals surface area contributed by atoms with Gasteiger partial charge in [0.1, 0.15) is 17.4 Å². The molecule has 0 fully saturated rings. The fraction of sp³-hybridized carbons (Fsp3) is 0.0714. The Hall–Kier alpha value is 0.246. The summed E-state index contributed by atoms with van der Waals surface area (Å²) in [5, 5.41) is 3.35. The summed E-state index contributed by atoms with van der Waals surface area (Å²) in [5.74, 6) is -0.877. The van der Waals surface area contributed by atoms with Gasteiger partial charge in [-0.1, -0.05) is 71.2 Å². The summed E-state index contributed by atoms with van der Waals surface area (Å²) in [5.41, 5.74) is 0. The molecule has 1 amide bonds. The molecule has 10 heteroatoms. The molecule has 0 atom stereocenters. The Morgan fingerprint density at radius 2 is 1.25 bits per heavy atom. The molecule has 0 N–H and O–H groups in total. The van der Waals surface area contributed by atoms with Crippen LogP contribution in [0.5, 0.6) is 11.5 Å². The Morgan fingerprint density at radius 1 is 0.875 bits per heavy atom. The number of carbonyl (C=O) groups excluding carboxylic acids is 1. The standard InChI is InChI=1S/C14H11Cl3NO4P.K/c15-14(16,17)13(19)18-23(20,21-11-7-3-1-4-8-11)22-12-9-5-2-6-10-12;/h1-10H,(H,18,19,20);/q;+1/p-1. The van der Waals surface area contributed by atoms with Crippen LogP contribution < -0.4 is 60.4 Å². The number of benzene rings is 2. The first kappa shape index (κ1) is 22.3. The largest absolute Gasteiger partial charge is 1.00 e. The Balaban J connectivity index is 0.00000288. The van der Waals surface area contributed by atoms with E-state index in [0.717, 1.165) is 0 Å².